The summed E-state index contributed by atoms with van der Waals surface area (Å²) in [6.07, 6.45) is 3.14. The van der Waals surface area contributed by atoms with E-state index in [0.717, 1.165) is 5.56 Å². The van der Waals surface area contributed by atoms with Crippen molar-refractivity contribution in [3.05, 3.63) is 95.9 Å². The second kappa shape index (κ2) is 9.61. The minimum atomic E-state index is -3.53. The molecule has 7 nitrogen and oxygen atoms in total. The largest absolute Gasteiger partial charge is 0.492 e. The van der Waals surface area contributed by atoms with Crippen LogP contribution < -0.4 is 4.74 Å². The van der Waals surface area contributed by atoms with Gasteiger partial charge in [-0.1, -0.05) is 48.5 Å². The Bertz CT molecular complexity index is 1690. The summed E-state index contributed by atoms with van der Waals surface area (Å²) in [6.45, 7) is 1.89. The van der Waals surface area contributed by atoms with E-state index in [2.05, 4.69) is 4.98 Å². The van der Waals surface area contributed by atoms with Crippen molar-refractivity contribution >= 4 is 21.4 Å². The lowest BCUT2D eigenvalue weighted by atomic mass is 9.89. The summed E-state index contributed by atoms with van der Waals surface area (Å²) in [5, 5.41) is 0. The Hall–Kier alpha value is -4.04. The Morgan fingerprint density at radius 1 is 0.974 bits per heavy atom. The van der Waals surface area contributed by atoms with Crippen LogP contribution in [0.5, 0.6) is 5.75 Å². The number of benzene rings is 3. The molecule has 4 aromatic rings. The van der Waals surface area contributed by atoms with E-state index in [1.54, 1.807) is 55.7 Å². The van der Waals surface area contributed by atoms with Gasteiger partial charge in [-0.2, -0.15) is 0 Å². The molecule has 0 saturated heterocycles. The van der Waals surface area contributed by atoms with E-state index in [1.807, 2.05) is 30.3 Å². The quantitative estimate of drug-likeness (QED) is 0.268. The van der Waals surface area contributed by atoms with Crippen molar-refractivity contribution in [3.8, 4) is 28.3 Å². The molecule has 1 atom stereocenters. The van der Waals surface area contributed by atoms with E-state index in [4.69, 9.17) is 9.15 Å². The molecule has 1 unspecified atom stereocenters. The molecule has 1 aromatic heterocycles. The number of nitrogens with zero attached hydrogens (tertiary/aromatic N) is 1. The number of aromatic nitrogens is 1. The number of Topliss-reactive ketones (excluding diaryl/α,β-unsaturated/α-hetero) is 2. The highest BCUT2D eigenvalue weighted by Crippen LogP contribution is 2.43. The maximum Gasteiger partial charge on any atom is 0.226 e. The van der Waals surface area contributed by atoms with Gasteiger partial charge < -0.3 is 9.15 Å². The number of ketones is 2. The summed E-state index contributed by atoms with van der Waals surface area (Å²) in [4.78, 5) is 31.0. The number of carbonyl (C=O) groups is 2. The van der Waals surface area contributed by atoms with Gasteiger partial charge in [-0.15, -0.1) is 0 Å². The van der Waals surface area contributed by atoms with Crippen LogP contribution in [0.3, 0.4) is 0 Å². The second-order valence-corrected chi connectivity index (χ2v) is 13.0. The van der Waals surface area contributed by atoms with Crippen LogP contribution in [0.1, 0.15) is 46.2 Å². The molecule has 1 saturated carbocycles. The van der Waals surface area contributed by atoms with E-state index in [-0.39, 0.29) is 12.4 Å². The first-order valence-electron chi connectivity index (χ1n) is 12.9. The van der Waals surface area contributed by atoms with Gasteiger partial charge in [-0.3, -0.25) is 9.59 Å². The molecule has 0 bridgehead atoms. The smallest absolute Gasteiger partial charge is 0.226 e. The minimum Gasteiger partial charge on any atom is -0.492 e. The fourth-order valence-electron chi connectivity index (χ4n) is 4.91. The van der Waals surface area contributed by atoms with Gasteiger partial charge in [-0.25, -0.2) is 13.4 Å². The van der Waals surface area contributed by atoms with Gasteiger partial charge in [-0.05, 0) is 55.2 Å². The van der Waals surface area contributed by atoms with Gasteiger partial charge in [0.05, 0.1) is 28.5 Å². The summed E-state index contributed by atoms with van der Waals surface area (Å²) in [7, 11) is -3.53. The van der Waals surface area contributed by atoms with E-state index < -0.39 is 32.0 Å². The maximum atomic E-state index is 13.3. The molecule has 3 aromatic carbocycles. The van der Waals surface area contributed by atoms with E-state index >= 15 is 0 Å². The number of rotatable bonds is 8. The maximum absolute atomic E-state index is 13.3. The van der Waals surface area contributed by atoms with Crippen LogP contribution >= 0.6 is 0 Å². The molecule has 6 rings (SSSR count). The highest BCUT2D eigenvalue weighted by molar-refractivity contribution is 7.93. The van der Waals surface area contributed by atoms with Crippen molar-refractivity contribution < 1.29 is 27.2 Å². The number of hydrogen-bond acceptors (Lipinski definition) is 7. The van der Waals surface area contributed by atoms with Crippen LogP contribution in [0, 0.1) is 5.92 Å². The van der Waals surface area contributed by atoms with Crippen molar-refractivity contribution in [1.82, 2.24) is 4.98 Å². The SMILES string of the molecule is CC1(S(=O)(=O)CC(=O)c2ccccc2-c2ccc3c(c2)OCC(Cc2coc(-c4ccccc4)n2)C3=O)CC1. The normalized spacial score (nSPS) is 17.8. The van der Waals surface area contributed by atoms with E-state index in [9.17, 15) is 18.0 Å². The first kappa shape index (κ1) is 25.2. The summed E-state index contributed by atoms with van der Waals surface area (Å²) >= 11 is 0. The molecule has 0 spiro atoms. The topological polar surface area (TPSA) is 104 Å². The first-order valence-corrected chi connectivity index (χ1v) is 14.6. The average Bonchev–Trinajstić information content (AvgIpc) is 3.55. The minimum absolute atomic E-state index is 0.0415. The Kier molecular flexibility index (Phi) is 6.22. The van der Waals surface area contributed by atoms with Crippen molar-refractivity contribution in [2.45, 2.75) is 30.9 Å². The molecule has 0 N–H and O–H groups in total. The van der Waals surface area contributed by atoms with Gasteiger partial charge in [0.15, 0.2) is 21.4 Å². The molecule has 0 amide bonds. The van der Waals surface area contributed by atoms with E-state index in [0.29, 0.717) is 58.9 Å². The third kappa shape index (κ3) is 4.81. The molecule has 1 aliphatic carbocycles. The first-order chi connectivity index (χ1) is 18.7. The summed E-state index contributed by atoms with van der Waals surface area (Å²) in [5.41, 5.74) is 3.64. The molecular formula is C31H27NO6S. The summed E-state index contributed by atoms with van der Waals surface area (Å²) in [6, 6.07) is 21.7. The Morgan fingerprint density at radius 2 is 1.72 bits per heavy atom. The number of hydrogen-bond donors (Lipinski definition) is 0. The zero-order chi connectivity index (χ0) is 27.2. The molecule has 39 heavy (non-hydrogen) atoms. The van der Waals surface area contributed by atoms with Crippen molar-refractivity contribution in [1.29, 1.82) is 0 Å². The molecular weight excluding hydrogens is 514 g/mol. The zero-order valence-electron chi connectivity index (χ0n) is 21.4. The number of ether oxygens (including phenoxy) is 1. The highest BCUT2D eigenvalue weighted by atomic mass is 32.2. The summed E-state index contributed by atoms with van der Waals surface area (Å²) in [5.74, 6) is -0.446. The van der Waals surface area contributed by atoms with Crippen LogP contribution in [-0.2, 0) is 16.3 Å². The lowest BCUT2D eigenvalue weighted by molar-refractivity contribution is 0.0829. The average molecular weight is 542 g/mol. The van der Waals surface area contributed by atoms with Gasteiger partial charge >= 0.3 is 0 Å². The molecule has 1 fully saturated rings. The van der Waals surface area contributed by atoms with Crippen LogP contribution in [-0.4, -0.2) is 42.1 Å². The van der Waals surface area contributed by atoms with E-state index in [1.165, 1.54) is 0 Å². The van der Waals surface area contributed by atoms with Crippen molar-refractivity contribution in [2.75, 3.05) is 12.4 Å². The van der Waals surface area contributed by atoms with Crippen LogP contribution in [0.4, 0.5) is 0 Å². The van der Waals surface area contributed by atoms with Crippen LogP contribution in [0.25, 0.3) is 22.6 Å². The lowest BCUT2D eigenvalue weighted by Crippen LogP contribution is -2.29. The van der Waals surface area contributed by atoms with Gasteiger partial charge in [0.25, 0.3) is 0 Å². The van der Waals surface area contributed by atoms with Gasteiger partial charge in [0, 0.05) is 17.5 Å². The predicted molar refractivity (Wildman–Crippen MR) is 147 cm³/mol. The fraction of sp³-hybridized carbons (Fsp3) is 0.258. The molecule has 198 valence electrons. The number of carbonyl (C=O) groups excluding carboxylic acids is 2. The van der Waals surface area contributed by atoms with Crippen molar-refractivity contribution in [2.24, 2.45) is 5.92 Å². The fourth-order valence-corrected chi connectivity index (χ4v) is 6.48. The third-order valence-corrected chi connectivity index (χ3v) is 10.2. The lowest BCUT2D eigenvalue weighted by Gasteiger charge is -2.24. The standard InChI is InChI=1S/C31H27NO6S/c1-31(13-14-31)39(35,36)19-27(33)25-10-6-5-9-24(25)21-11-12-26-28(16-21)37-17-22(29(26)34)15-23-18-38-30(32-23)20-7-3-2-4-8-20/h2-12,16,18,22H,13-15,17,19H2,1H3. The Balaban J connectivity index is 1.21. The Morgan fingerprint density at radius 3 is 2.49 bits per heavy atom. The highest BCUT2D eigenvalue weighted by Gasteiger charge is 2.50. The predicted octanol–water partition coefficient (Wildman–Crippen LogP) is 5.59. The molecule has 0 radical (unpaired) electrons. The van der Waals surface area contributed by atoms with Crippen molar-refractivity contribution in [3.63, 3.8) is 0 Å². The van der Waals surface area contributed by atoms with Crippen LogP contribution in [0.15, 0.2) is 83.5 Å². The second-order valence-electron chi connectivity index (χ2n) is 10.5. The monoisotopic (exact) mass is 541 g/mol. The third-order valence-electron chi connectivity index (χ3n) is 7.65. The zero-order valence-corrected chi connectivity index (χ0v) is 22.2. The van der Waals surface area contributed by atoms with Gasteiger partial charge in [0.1, 0.15) is 17.8 Å². The molecule has 2 aliphatic rings. The van der Waals surface area contributed by atoms with Crippen LogP contribution in [0.2, 0.25) is 0 Å². The van der Waals surface area contributed by atoms with Gasteiger partial charge in [0.2, 0.25) is 5.89 Å². The number of fused-ring (bicyclic) bond motifs is 1. The summed E-state index contributed by atoms with van der Waals surface area (Å²) < 4.78 is 36.3. The molecule has 2 heterocycles. The number of oxazole rings is 1. The Labute approximate surface area is 226 Å². The number of sulfone groups is 1. The molecule has 8 heteroatoms. The molecule has 1 aliphatic heterocycles.